The molecule has 2 aromatic rings. The van der Waals surface area contributed by atoms with Crippen LogP contribution >= 0.6 is 0 Å². The van der Waals surface area contributed by atoms with Crippen LogP contribution in [0.1, 0.15) is 30.9 Å². The number of nitrogens with zero attached hydrogens (tertiary/aromatic N) is 1. The normalized spacial score (nSPS) is 15.3. The first-order valence-electron chi connectivity index (χ1n) is 8.73. The van der Waals surface area contributed by atoms with Crippen LogP contribution in [0.25, 0.3) is 12.2 Å². The van der Waals surface area contributed by atoms with Crippen molar-refractivity contribution in [3.05, 3.63) is 77.5 Å². The molecule has 0 aromatic heterocycles. The first-order valence-corrected chi connectivity index (χ1v) is 8.73. The van der Waals surface area contributed by atoms with Crippen molar-refractivity contribution in [3.63, 3.8) is 0 Å². The zero-order chi connectivity index (χ0) is 18.2. The third kappa shape index (κ3) is 4.93. The van der Waals surface area contributed by atoms with Gasteiger partial charge in [0.1, 0.15) is 5.75 Å². The zero-order valence-corrected chi connectivity index (χ0v) is 14.7. The monoisotopic (exact) mass is 347 g/mol. The summed E-state index contributed by atoms with van der Waals surface area (Å²) in [5, 5.41) is 0. The summed E-state index contributed by atoms with van der Waals surface area (Å²) < 4.78 is 10.8. The molecule has 0 bridgehead atoms. The molecule has 0 amide bonds. The van der Waals surface area contributed by atoms with E-state index in [2.05, 4.69) is 11.9 Å². The molecule has 0 saturated carbocycles. The van der Waals surface area contributed by atoms with Crippen LogP contribution in [-0.2, 0) is 9.53 Å². The van der Waals surface area contributed by atoms with Crippen molar-refractivity contribution in [3.8, 4) is 5.75 Å². The maximum atomic E-state index is 12.0. The molecule has 0 saturated heterocycles. The van der Waals surface area contributed by atoms with Crippen molar-refractivity contribution < 1.29 is 14.3 Å². The van der Waals surface area contributed by atoms with Crippen molar-refractivity contribution in [1.82, 2.24) is 0 Å². The van der Waals surface area contributed by atoms with Gasteiger partial charge < -0.3 is 9.47 Å². The first kappa shape index (κ1) is 17.7. The highest BCUT2D eigenvalue weighted by atomic mass is 16.6. The molecule has 26 heavy (non-hydrogen) atoms. The number of cyclic esters (lactones) is 1. The quantitative estimate of drug-likeness (QED) is 0.408. The highest BCUT2D eigenvalue weighted by Crippen LogP contribution is 2.19. The number of carbonyl (C=O) groups is 1. The molecule has 1 aliphatic heterocycles. The molecule has 0 fully saturated rings. The van der Waals surface area contributed by atoms with Gasteiger partial charge in [-0.05, 0) is 41.8 Å². The SMILES string of the molecule is CCCCOc1ccc(C=C2N=C(C=Cc3ccccc3)OC2=O)cc1. The summed E-state index contributed by atoms with van der Waals surface area (Å²) in [6, 6.07) is 17.4. The van der Waals surface area contributed by atoms with Crippen LogP contribution in [0.5, 0.6) is 5.75 Å². The van der Waals surface area contributed by atoms with Crippen molar-refractivity contribution in [2.75, 3.05) is 6.61 Å². The van der Waals surface area contributed by atoms with E-state index in [9.17, 15) is 4.79 Å². The predicted molar refractivity (Wildman–Crippen MR) is 104 cm³/mol. The summed E-state index contributed by atoms with van der Waals surface area (Å²) in [6.45, 7) is 2.84. The van der Waals surface area contributed by atoms with Gasteiger partial charge in [0.05, 0.1) is 6.61 Å². The fourth-order valence-electron chi connectivity index (χ4n) is 2.38. The fourth-order valence-corrected chi connectivity index (χ4v) is 2.38. The smallest absolute Gasteiger partial charge is 0.363 e. The van der Waals surface area contributed by atoms with Gasteiger partial charge in [-0.25, -0.2) is 9.79 Å². The van der Waals surface area contributed by atoms with E-state index in [1.165, 1.54) is 0 Å². The van der Waals surface area contributed by atoms with Gasteiger partial charge in [-0.1, -0.05) is 55.8 Å². The summed E-state index contributed by atoms with van der Waals surface area (Å²) >= 11 is 0. The van der Waals surface area contributed by atoms with E-state index < -0.39 is 5.97 Å². The molecule has 1 heterocycles. The lowest BCUT2D eigenvalue weighted by atomic mass is 10.2. The maximum absolute atomic E-state index is 12.0. The standard InChI is InChI=1S/C22H21NO3/c1-2-3-15-25-19-12-9-18(10-13-19)16-20-22(24)26-21(23-20)14-11-17-7-5-4-6-8-17/h4-14,16H,2-3,15H2,1H3. The Hall–Kier alpha value is -3.14. The van der Waals surface area contributed by atoms with E-state index in [-0.39, 0.29) is 5.70 Å². The van der Waals surface area contributed by atoms with Gasteiger partial charge in [0.2, 0.25) is 5.90 Å². The number of esters is 1. The second-order valence-corrected chi connectivity index (χ2v) is 5.88. The Morgan fingerprint density at radius 1 is 1.00 bits per heavy atom. The van der Waals surface area contributed by atoms with Gasteiger partial charge in [-0.15, -0.1) is 0 Å². The van der Waals surface area contributed by atoms with Crippen LogP contribution in [0.3, 0.4) is 0 Å². The first-order chi connectivity index (χ1) is 12.7. The third-order valence-corrected chi connectivity index (χ3v) is 3.81. The van der Waals surface area contributed by atoms with Crippen molar-refractivity contribution in [2.24, 2.45) is 4.99 Å². The molecule has 0 spiro atoms. The van der Waals surface area contributed by atoms with E-state index in [1.54, 1.807) is 12.2 Å². The molecule has 0 atom stereocenters. The van der Waals surface area contributed by atoms with E-state index >= 15 is 0 Å². The molecular weight excluding hydrogens is 326 g/mol. The molecule has 0 unspecified atom stereocenters. The van der Waals surface area contributed by atoms with E-state index in [0.717, 1.165) is 29.7 Å². The second-order valence-electron chi connectivity index (χ2n) is 5.88. The Morgan fingerprint density at radius 3 is 2.50 bits per heavy atom. The Kier molecular flexibility index (Phi) is 5.99. The van der Waals surface area contributed by atoms with Crippen LogP contribution in [-0.4, -0.2) is 18.5 Å². The van der Waals surface area contributed by atoms with Crippen molar-refractivity contribution in [2.45, 2.75) is 19.8 Å². The van der Waals surface area contributed by atoms with Gasteiger partial charge in [-0.2, -0.15) is 0 Å². The van der Waals surface area contributed by atoms with Crippen LogP contribution in [0.4, 0.5) is 0 Å². The number of unbranched alkanes of at least 4 members (excludes halogenated alkanes) is 1. The lowest BCUT2D eigenvalue weighted by Crippen LogP contribution is -2.01. The Bertz CT molecular complexity index is 833. The molecule has 0 radical (unpaired) electrons. The minimum absolute atomic E-state index is 0.289. The molecular formula is C22H21NO3. The molecule has 2 aromatic carbocycles. The number of benzene rings is 2. The Labute approximate surface area is 153 Å². The number of rotatable bonds is 7. The number of hydrogen-bond donors (Lipinski definition) is 0. The fraction of sp³-hybridized carbons (Fsp3) is 0.182. The average Bonchev–Trinajstić information content (AvgIpc) is 3.02. The predicted octanol–water partition coefficient (Wildman–Crippen LogP) is 4.88. The molecule has 3 rings (SSSR count). The summed E-state index contributed by atoms with van der Waals surface area (Å²) in [5.74, 6) is 0.676. The van der Waals surface area contributed by atoms with Crippen LogP contribution < -0.4 is 4.74 Å². The number of carbonyl (C=O) groups excluding carboxylic acids is 1. The molecule has 132 valence electrons. The summed E-state index contributed by atoms with van der Waals surface area (Å²) in [4.78, 5) is 16.2. The molecule has 4 nitrogen and oxygen atoms in total. The van der Waals surface area contributed by atoms with E-state index in [0.29, 0.717) is 12.5 Å². The lowest BCUT2D eigenvalue weighted by molar-refractivity contribution is -0.129. The second kappa shape index (κ2) is 8.81. The summed E-state index contributed by atoms with van der Waals surface area (Å²) in [5.41, 5.74) is 2.18. The van der Waals surface area contributed by atoms with Crippen molar-refractivity contribution >= 4 is 24.0 Å². The zero-order valence-electron chi connectivity index (χ0n) is 14.7. The molecule has 0 aliphatic carbocycles. The Morgan fingerprint density at radius 2 is 1.77 bits per heavy atom. The third-order valence-electron chi connectivity index (χ3n) is 3.81. The summed E-state index contributed by atoms with van der Waals surface area (Å²) in [6.07, 6.45) is 7.40. The van der Waals surface area contributed by atoms with Crippen LogP contribution in [0.15, 0.2) is 71.4 Å². The number of aliphatic imine (C=N–C) groups is 1. The van der Waals surface area contributed by atoms with Crippen molar-refractivity contribution in [1.29, 1.82) is 0 Å². The van der Waals surface area contributed by atoms with Gasteiger partial charge in [0, 0.05) is 6.08 Å². The lowest BCUT2D eigenvalue weighted by Gasteiger charge is -2.05. The molecule has 0 N–H and O–H groups in total. The van der Waals surface area contributed by atoms with Crippen LogP contribution in [0.2, 0.25) is 0 Å². The summed E-state index contributed by atoms with van der Waals surface area (Å²) in [7, 11) is 0. The Balaban J connectivity index is 1.67. The van der Waals surface area contributed by atoms with Gasteiger partial charge >= 0.3 is 5.97 Å². The molecule has 4 heteroatoms. The maximum Gasteiger partial charge on any atom is 0.363 e. The van der Waals surface area contributed by atoms with E-state index in [1.807, 2.05) is 60.7 Å². The minimum Gasteiger partial charge on any atom is -0.494 e. The van der Waals surface area contributed by atoms with E-state index in [4.69, 9.17) is 9.47 Å². The highest BCUT2D eigenvalue weighted by Gasteiger charge is 2.21. The minimum atomic E-state index is -0.444. The highest BCUT2D eigenvalue weighted by molar-refractivity contribution is 6.11. The average molecular weight is 347 g/mol. The number of ether oxygens (including phenoxy) is 2. The van der Waals surface area contributed by atoms with Gasteiger partial charge in [0.25, 0.3) is 0 Å². The largest absolute Gasteiger partial charge is 0.494 e. The van der Waals surface area contributed by atoms with Gasteiger partial charge in [0.15, 0.2) is 5.70 Å². The molecule has 1 aliphatic rings. The number of hydrogen-bond acceptors (Lipinski definition) is 4. The van der Waals surface area contributed by atoms with Gasteiger partial charge in [-0.3, -0.25) is 0 Å². The topological polar surface area (TPSA) is 47.9 Å². The van der Waals surface area contributed by atoms with Crippen LogP contribution in [0, 0.1) is 0 Å².